The number of hydrogen-bond donors (Lipinski definition) is 3. The van der Waals surface area contributed by atoms with Crippen LogP contribution in [0.25, 0.3) is 0 Å². The van der Waals surface area contributed by atoms with Gasteiger partial charge in [-0.1, -0.05) is 12.2 Å². The Bertz CT molecular complexity index is 240. The van der Waals surface area contributed by atoms with Gasteiger partial charge in [-0.2, -0.15) is 0 Å². The third-order valence-electron chi connectivity index (χ3n) is 2.94. The quantitative estimate of drug-likeness (QED) is 0.578. The Morgan fingerprint density at radius 2 is 2.44 bits per heavy atom. The van der Waals surface area contributed by atoms with Gasteiger partial charge in [0.25, 0.3) is 0 Å². The summed E-state index contributed by atoms with van der Waals surface area (Å²) in [6.07, 6.45) is 9.26. The van der Waals surface area contributed by atoms with Crippen molar-refractivity contribution >= 4 is 5.91 Å². The molecule has 0 aliphatic heterocycles. The van der Waals surface area contributed by atoms with E-state index in [-0.39, 0.29) is 18.0 Å². The van der Waals surface area contributed by atoms with E-state index in [4.69, 9.17) is 5.73 Å². The Morgan fingerprint density at radius 3 is 3.00 bits per heavy atom. The van der Waals surface area contributed by atoms with Gasteiger partial charge in [0.1, 0.15) is 0 Å². The predicted molar refractivity (Wildman–Crippen MR) is 66.1 cm³/mol. The van der Waals surface area contributed by atoms with E-state index in [1.54, 1.807) is 0 Å². The fourth-order valence-electron chi connectivity index (χ4n) is 1.94. The highest BCUT2D eigenvalue weighted by Gasteiger charge is 2.18. The number of carbonyl (C=O) groups excluding carboxylic acids is 1. The first-order valence-corrected chi connectivity index (χ1v) is 6.12. The van der Waals surface area contributed by atoms with Crippen LogP contribution in [0.4, 0.5) is 0 Å². The normalized spacial score (nSPS) is 21.8. The van der Waals surface area contributed by atoms with Gasteiger partial charge in [-0.05, 0) is 45.7 Å². The maximum Gasteiger partial charge on any atom is 0.237 e. The van der Waals surface area contributed by atoms with E-state index < -0.39 is 0 Å². The molecule has 0 spiro atoms. The van der Waals surface area contributed by atoms with Crippen molar-refractivity contribution in [2.75, 3.05) is 13.6 Å². The largest absolute Gasteiger partial charge is 0.349 e. The summed E-state index contributed by atoms with van der Waals surface area (Å²) in [5.41, 5.74) is 5.45. The van der Waals surface area contributed by atoms with Crippen LogP contribution in [-0.4, -0.2) is 31.6 Å². The first kappa shape index (κ1) is 13.2. The van der Waals surface area contributed by atoms with E-state index in [0.29, 0.717) is 6.54 Å². The standard InChI is InChI=1S/C12H23N3O/c1-14-11(8-5-9-13)12(16)15-10-6-3-2-4-7-10/h3,6,10-11,14H,2,4-5,7-9,13H2,1H3,(H,15,16)/t10-,11+/m1/s1. The third kappa shape index (κ3) is 4.33. The lowest BCUT2D eigenvalue weighted by Crippen LogP contribution is -2.46. The van der Waals surface area contributed by atoms with Crippen molar-refractivity contribution in [2.24, 2.45) is 5.73 Å². The second kappa shape index (κ2) is 7.41. The van der Waals surface area contributed by atoms with Gasteiger partial charge in [0, 0.05) is 6.04 Å². The van der Waals surface area contributed by atoms with Crippen molar-refractivity contribution in [3.8, 4) is 0 Å². The molecular formula is C12H23N3O. The first-order chi connectivity index (χ1) is 7.77. The van der Waals surface area contributed by atoms with E-state index in [2.05, 4.69) is 22.8 Å². The molecule has 16 heavy (non-hydrogen) atoms. The number of carbonyl (C=O) groups is 1. The second-order valence-corrected chi connectivity index (χ2v) is 4.25. The fourth-order valence-corrected chi connectivity index (χ4v) is 1.94. The maximum atomic E-state index is 11.9. The Morgan fingerprint density at radius 1 is 1.62 bits per heavy atom. The van der Waals surface area contributed by atoms with Crippen LogP contribution in [0.2, 0.25) is 0 Å². The minimum absolute atomic E-state index is 0.0903. The molecule has 1 amide bonds. The average Bonchev–Trinajstić information content (AvgIpc) is 2.31. The molecule has 0 fully saturated rings. The summed E-state index contributed by atoms with van der Waals surface area (Å²) in [7, 11) is 1.82. The summed E-state index contributed by atoms with van der Waals surface area (Å²) >= 11 is 0. The number of nitrogens with two attached hydrogens (primary N) is 1. The maximum absolute atomic E-state index is 11.9. The van der Waals surface area contributed by atoms with Crippen LogP contribution < -0.4 is 16.4 Å². The van der Waals surface area contributed by atoms with Gasteiger partial charge < -0.3 is 16.4 Å². The van der Waals surface area contributed by atoms with Crippen molar-refractivity contribution in [1.29, 1.82) is 0 Å². The molecule has 0 heterocycles. The number of rotatable bonds is 6. The van der Waals surface area contributed by atoms with E-state index in [1.165, 1.54) is 0 Å². The summed E-state index contributed by atoms with van der Waals surface area (Å²) in [6.45, 7) is 0.634. The molecule has 0 aromatic carbocycles. The SMILES string of the molecule is CN[C@@H](CCCN)C(=O)N[C@@H]1C=CCCC1. The smallest absolute Gasteiger partial charge is 0.237 e. The second-order valence-electron chi connectivity index (χ2n) is 4.25. The number of likely N-dealkylation sites (N-methyl/N-ethyl adjacent to an activating group) is 1. The Labute approximate surface area is 97.7 Å². The van der Waals surface area contributed by atoms with Crippen molar-refractivity contribution < 1.29 is 4.79 Å². The van der Waals surface area contributed by atoms with Gasteiger partial charge in [0.2, 0.25) is 5.91 Å². The van der Waals surface area contributed by atoms with Crippen molar-refractivity contribution in [3.05, 3.63) is 12.2 Å². The summed E-state index contributed by atoms with van der Waals surface area (Å²) in [5, 5.41) is 6.08. The van der Waals surface area contributed by atoms with Gasteiger partial charge in [-0.3, -0.25) is 4.79 Å². The number of allylic oxidation sites excluding steroid dienone is 1. The molecular weight excluding hydrogens is 202 g/mol. The third-order valence-corrected chi connectivity index (χ3v) is 2.94. The van der Waals surface area contributed by atoms with Gasteiger partial charge in [0.05, 0.1) is 6.04 Å². The molecule has 0 radical (unpaired) electrons. The summed E-state index contributed by atoms with van der Waals surface area (Å²) in [6, 6.07) is 0.105. The van der Waals surface area contributed by atoms with Crippen LogP contribution in [0.5, 0.6) is 0 Å². The summed E-state index contributed by atoms with van der Waals surface area (Å²) in [4.78, 5) is 11.9. The van der Waals surface area contributed by atoms with Crippen LogP contribution >= 0.6 is 0 Å². The number of nitrogens with one attached hydrogen (secondary N) is 2. The molecule has 1 aliphatic rings. The van der Waals surface area contributed by atoms with Crippen LogP contribution in [-0.2, 0) is 4.79 Å². The van der Waals surface area contributed by atoms with Crippen molar-refractivity contribution in [1.82, 2.24) is 10.6 Å². The molecule has 2 atom stereocenters. The zero-order valence-electron chi connectivity index (χ0n) is 10.0. The molecule has 1 rings (SSSR count). The lowest BCUT2D eigenvalue weighted by Gasteiger charge is -2.22. The van der Waals surface area contributed by atoms with Crippen LogP contribution in [0.15, 0.2) is 12.2 Å². The van der Waals surface area contributed by atoms with E-state index >= 15 is 0 Å². The first-order valence-electron chi connectivity index (χ1n) is 6.12. The molecule has 0 saturated carbocycles. The molecule has 0 aromatic heterocycles. The minimum atomic E-state index is -0.112. The Balaban J connectivity index is 2.35. The molecule has 0 bridgehead atoms. The molecule has 0 aromatic rings. The topological polar surface area (TPSA) is 67.1 Å². The highest BCUT2D eigenvalue weighted by atomic mass is 16.2. The van der Waals surface area contributed by atoms with Crippen LogP contribution in [0, 0.1) is 0 Å². The highest BCUT2D eigenvalue weighted by Crippen LogP contribution is 2.10. The zero-order valence-corrected chi connectivity index (χ0v) is 10.0. The summed E-state index contributed by atoms with van der Waals surface area (Å²) in [5.74, 6) is 0.0903. The van der Waals surface area contributed by atoms with Gasteiger partial charge in [-0.15, -0.1) is 0 Å². The van der Waals surface area contributed by atoms with E-state index in [0.717, 1.165) is 32.1 Å². The molecule has 4 nitrogen and oxygen atoms in total. The molecule has 4 heteroatoms. The van der Waals surface area contributed by atoms with E-state index in [1.807, 2.05) is 7.05 Å². The van der Waals surface area contributed by atoms with Gasteiger partial charge in [-0.25, -0.2) is 0 Å². The van der Waals surface area contributed by atoms with E-state index in [9.17, 15) is 4.79 Å². The van der Waals surface area contributed by atoms with Gasteiger partial charge in [0.15, 0.2) is 0 Å². The molecule has 4 N–H and O–H groups in total. The zero-order chi connectivity index (χ0) is 11.8. The monoisotopic (exact) mass is 225 g/mol. The van der Waals surface area contributed by atoms with Crippen LogP contribution in [0.3, 0.4) is 0 Å². The molecule has 0 saturated heterocycles. The lowest BCUT2D eigenvalue weighted by molar-refractivity contribution is -0.123. The minimum Gasteiger partial charge on any atom is -0.349 e. The summed E-state index contributed by atoms with van der Waals surface area (Å²) < 4.78 is 0. The van der Waals surface area contributed by atoms with Gasteiger partial charge >= 0.3 is 0 Å². The van der Waals surface area contributed by atoms with Crippen molar-refractivity contribution in [2.45, 2.75) is 44.2 Å². The molecule has 92 valence electrons. The molecule has 0 unspecified atom stereocenters. The molecule has 1 aliphatic carbocycles. The number of amides is 1. The average molecular weight is 225 g/mol. The Kier molecular flexibility index (Phi) is 6.11. The number of hydrogen-bond acceptors (Lipinski definition) is 3. The Hall–Kier alpha value is -0.870. The highest BCUT2D eigenvalue weighted by molar-refractivity contribution is 5.82. The fraction of sp³-hybridized carbons (Fsp3) is 0.750. The predicted octanol–water partition coefficient (Wildman–Crippen LogP) is 0.538. The lowest BCUT2D eigenvalue weighted by atomic mass is 10.0. The van der Waals surface area contributed by atoms with Crippen LogP contribution in [0.1, 0.15) is 32.1 Å². The van der Waals surface area contributed by atoms with Crippen molar-refractivity contribution in [3.63, 3.8) is 0 Å².